The molecule has 0 atom stereocenters. The third-order valence-electron chi connectivity index (χ3n) is 5.19. The molecule has 1 N–H and O–H groups in total. The Kier molecular flexibility index (Phi) is 13.2. The third kappa shape index (κ3) is 11.0. The Balaban J connectivity index is 0.00000481. The number of ether oxygens (including phenoxy) is 3. The van der Waals surface area contributed by atoms with Crippen molar-refractivity contribution in [2.45, 2.75) is 11.8 Å². The maximum absolute atomic E-state index is 12.1. The van der Waals surface area contributed by atoms with Crippen LogP contribution in [-0.4, -0.2) is 55.1 Å². The van der Waals surface area contributed by atoms with Crippen LogP contribution in [0.25, 0.3) is 12.2 Å². The van der Waals surface area contributed by atoms with Crippen LogP contribution < -0.4 is 10.1 Å². The molecule has 0 spiro atoms. The van der Waals surface area contributed by atoms with E-state index >= 15 is 0 Å². The van der Waals surface area contributed by atoms with Crippen LogP contribution in [0.4, 0.5) is 5.69 Å². The number of halogens is 1. The Bertz CT molecular complexity index is 1180. The van der Waals surface area contributed by atoms with Gasteiger partial charge < -0.3 is 19.5 Å². The van der Waals surface area contributed by atoms with Gasteiger partial charge in [0.25, 0.3) is 10.1 Å². The van der Waals surface area contributed by atoms with Crippen molar-refractivity contribution in [2.24, 2.45) is 0 Å². The highest BCUT2D eigenvalue weighted by Crippen LogP contribution is 2.16. The normalized spacial score (nSPS) is 11.3. The molecule has 3 aromatic carbocycles. The molecule has 7 nitrogen and oxygen atoms in total. The van der Waals surface area contributed by atoms with Crippen LogP contribution in [0, 0.1) is 6.92 Å². The van der Waals surface area contributed by atoms with Gasteiger partial charge in [-0.1, -0.05) is 54.1 Å². The number of rotatable bonds is 15. The first-order chi connectivity index (χ1) is 17.5. The Morgan fingerprint density at radius 2 is 1.22 bits per heavy atom. The number of anilines is 1. The molecule has 0 unspecified atom stereocenters. The number of hydrogen-bond acceptors (Lipinski definition) is 7. The molecule has 3 rings (SSSR count). The lowest BCUT2D eigenvalue weighted by molar-refractivity contribution is 0.0279. The summed E-state index contributed by atoms with van der Waals surface area (Å²) in [6.45, 7) is 3.57. The monoisotopic (exact) mass is 547 g/mol. The minimum Gasteiger partial charge on any atom is -0.491 e. The summed E-state index contributed by atoms with van der Waals surface area (Å²) in [7, 11) is -1.86. The van der Waals surface area contributed by atoms with Crippen LogP contribution >= 0.6 is 12.4 Å². The second kappa shape index (κ2) is 16.1. The van der Waals surface area contributed by atoms with Crippen LogP contribution in [0.5, 0.6) is 5.75 Å². The topological polar surface area (TPSA) is 83.1 Å². The fourth-order valence-electron chi connectivity index (χ4n) is 3.14. The zero-order valence-corrected chi connectivity index (χ0v) is 22.7. The Labute approximate surface area is 225 Å². The van der Waals surface area contributed by atoms with Crippen molar-refractivity contribution < 1.29 is 26.8 Å². The van der Waals surface area contributed by atoms with Crippen molar-refractivity contribution in [1.29, 1.82) is 0 Å². The molecule has 0 radical (unpaired) electrons. The number of hydrogen-bond donors (Lipinski definition) is 1. The van der Waals surface area contributed by atoms with Gasteiger partial charge in [-0.05, 0) is 54.4 Å². The average Bonchev–Trinajstić information content (AvgIpc) is 2.89. The van der Waals surface area contributed by atoms with E-state index in [1.165, 1.54) is 12.1 Å². The summed E-state index contributed by atoms with van der Waals surface area (Å²) in [6, 6.07) is 22.6. The van der Waals surface area contributed by atoms with E-state index in [1.54, 1.807) is 12.1 Å². The highest BCUT2D eigenvalue weighted by molar-refractivity contribution is 7.86. The van der Waals surface area contributed by atoms with Crippen molar-refractivity contribution in [2.75, 3.05) is 52.0 Å². The Morgan fingerprint density at radius 1 is 0.703 bits per heavy atom. The van der Waals surface area contributed by atoms with E-state index in [9.17, 15) is 8.42 Å². The zero-order chi connectivity index (χ0) is 25.6. The van der Waals surface area contributed by atoms with Crippen LogP contribution in [0.1, 0.15) is 16.7 Å². The van der Waals surface area contributed by atoms with Gasteiger partial charge in [-0.3, -0.25) is 4.18 Å². The predicted molar refractivity (Wildman–Crippen MR) is 150 cm³/mol. The molecule has 0 amide bonds. The average molecular weight is 548 g/mol. The quantitative estimate of drug-likeness (QED) is 0.154. The summed E-state index contributed by atoms with van der Waals surface area (Å²) >= 11 is 0. The second-order valence-corrected chi connectivity index (χ2v) is 9.55. The van der Waals surface area contributed by atoms with Gasteiger partial charge in [-0.25, -0.2) is 0 Å². The van der Waals surface area contributed by atoms with Crippen molar-refractivity contribution in [3.63, 3.8) is 0 Å². The Morgan fingerprint density at radius 3 is 1.78 bits per heavy atom. The second-order valence-electron chi connectivity index (χ2n) is 7.94. The van der Waals surface area contributed by atoms with Gasteiger partial charge in [0.2, 0.25) is 0 Å². The van der Waals surface area contributed by atoms with E-state index in [0.717, 1.165) is 28.1 Å². The molecule has 0 heterocycles. The van der Waals surface area contributed by atoms with Crippen LogP contribution in [0.15, 0.2) is 77.7 Å². The molecule has 0 bridgehead atoms. The fraction of sp³-hybridized carbons (Fsp3) is 0.286. The van der Waals surface area contributed by atoms with Crippen molar-refractivity contribution in [3.05, 3.63) is 89.5 Å². The van der Waals surface area contributed by atoms with Gasteiger partial charge in [0.05, 0.1) is 37.9 Å². The molecular formula is C28H34ClNO6S. The van der Waals surface area contributed by atoms with Crippen LogP contribution in [0.3, 0.4) is 0 Å². The maximum Gasteiger partial charge on any atom is 0.297 e. The van der Waals surface area contributed by atoms with Gasteiger partial charge in [0.1, 0.15) is 12.4 Å². The molecule has 0 aliphatic carbocycles. The van der Waals surface area contributed by atoms with E-state index in [4.69, 9.17) is 18.4 Å². The first-order valence-corrected chi connectivity index (χ1v) is 13.2. The lowest BCUT2D eigenvalue weighted by Gasteiger charge is -2.09. The number of aryl methyl sites for hydroxylation is 1. The molecule has 0 saturated heterocycles. The largest absolute Gasteiger partial charge is 0.491 e. The van der Waals surface area contributed by atoms with E-state index in [-0.39, 0.29) is 30.5 Å². The minimum atomic E-state index is -3.76. The van der Waals surface area contributed by atoms with Crippen molar-refractivity contribution in [1.82, 2.24) is 0 Å². The third-order valence-corrected chi connectivity index (χ3v) is 6.52. The number of benzene rings is 3. The predicted octanol–water partition coefficient (Wildman–Crippen LogP) is 5.45. The molecule has 9 heteroatoms. The molecule has 0 fully saturated rings. The van der Waals surface area contributed by atoms with Crippen LogP contribution in [0.2, 0.25) is 0 Å². The summed E-state index contributed by atoms with van der Waals surface area (Å²) in [6.07, 6.45) is 4.13. The molecule has 3 aromatic rings. The lowest BCUT2D eigenvalue weighted by Crippen LogP contribution is -2.14. The first kappa shape index (κ1) is 30.3. The fourth-order valence-corrected chi connectivity index (χ4v) is 4.04. The van der Waals surface area contributed by atoms with Gasteiger partial charge in [-0.15, -0.1) is 12.4 Å². The summed E-state index contributed by atoms with van der Waals surface area (Å²) in [5.41, 5.74) is 4.29. The molecule has 0 saturated carbocycles. The van der Waals surface area contributed by atoms with Gasteiger partial charge in [0.15, 0.2) is 0 Å². The van der Waals surface area contributed by atoms with E-state index in [0.29, 0.717) is 26.4 Å². The SMILES string of the molecule is CNc1ccc(/C=C/c2ccc(OCCOCCOCCOS(=O)(=O)c3ccc(C)cc3)cc2)cc1.Cl. The highest BCUT2D eigenvalue weighted by Gasteiger charge is 2.14. The van der Waals surface area contributed by atoms with E-state index < -0.39 is 10.1 Å². The summed E-state index contributed by atoms with van der Waals surface area (Å²) in [4.78, 5) is 0.137. The summed E-state index contributed by atoms with van der Waals surface area (Å²) < 4.78 is 45.7. The van der Waals surface area contributed by atoms with Gasteiger partial charge in [-0.2, -0.15) is 8.42 Å². The van der Waals surface area contributed by atoms with Gasteiger partial charge >= 0.3 is 0 Å². The lowest BCUT2D eigenvalue weighted by atomic mass is 10.1. The molecule has 0 aliphatic heterocycles. The summed E-state index contributed by atoms with van der Waals surface area (Å²) in [5.74, 6) is 0.775. The minimum absolute atomic E-state index is 0. The smallest absolute Gasteiger partial charge is 0.297 e. The van der Waals surface area contributed by atoms with E-state index in [1.807, 2.05) is 50.4 Å². The standard InChI is InChI=1S/C28H33NO6S.ClH/c1-23-3-15-28(16-4-23)36(30,31)35-22-20-33-18-17-32-19-21-34-27-13-9-25(10-14-27)6-5-24-7-11-26(29-2)12-8-24;/h3-16,29H,17-22H2,1-2H3;1H/b6-5+;. The molecule has 200 valence electrons. The van der Waals surface area contributed by atoms with Crippen molar-refractivity contribution >= 4 is 40.4 Å². The summed E-state index contributed by atoms with van der Waals surface area (Å²) in [5, 5.41) is 3.11. The zero-order valence-electron chi connectivity index (χ0n) is 21.1. The molecule has 0 aromatic heterocycles. The highest BCUT2D eigenvalue weighted by atomic mass is 35.5. The van der Waals surface area contributed by atoms with Crippen molar-refractivity contribution in [3.8, 4) is 5.75 Å². The molecular weight excluding hydrogens is 514 g/mol. The van der Waals surface area contributed by atoms with Crippen LogP contribution in [-0.2, 0) is 23.8 Å². The molecule has 37 heavy (non-hydrogen) atoms. The number of nitrogens with one attached hydrogen (secondary N) is 1. The maximum atomic E-state index is 12.1. The van der Waals surface area contributed by atoms with Gasteiger partial charge in [0, 0.05) is 12.7 Å². The molecule has 0 aliphatic rings. The Hall–Kier alpha value is -2.88. The first-order valence-electron chi connectivity index (χ1n) is 11.8. The van der Waals surface area contributed by atoms with E-state index in [2.05, 4.69) is 29.6 Å².